The molecule has 1 aliphatic heterocycles. The van der Waals surface area contributed by atoms with Crippen molar-refractivity contribution in [3.8, 4) is 0 Å². The molecule has 0 radical (unpaired) electrons. The predicted molar refractivity (Wildman–Crippen MR) is 70.0 cm³/mol. The first kappa shape index (κ1) is 12.8. The monoisotopic (exact) mass is 299 g/mol. The Bertz CT molecular complexity index is 413. The number of ketones is 1. The Hall–Kier alpha value is -0.680. The molecule has 4 nitrogen and oxygen atoms in total. The summed E-state index contributed by atoms with van der Waals surface area (Å²) in [7, 11) is 1.81. The van der Waals surface area contributed by atoms with Crippen LogP contribution < -0.4 is 5.32 Å². The summed E-state index contributed by atoms with van der Waals surface area (Å²) >= 11 is 3.41. The Morgan fingerprint density at radius 1 is 1.65 bits per heavy atom. The molecular weight excluding hydrogens is 282 g/mol. The maximum absolute atomic E-state index is 12.8. The van der Waals surface area contributed by atoms with Crippen LogP contribution in [0.15, 0.2) is 10.7 Å². The van der Waals surface area contributed by atoms with Crippen molar-refractivity contribution in [2.24, 2.45) is 18.4 Å². The van der Waals surface area contributed by atoms with Crippen molar-refractivity contribution < 1.29 is 4.79 Å². The van der Waals surface area contributed by atoms with E-state index in [-0.39, 0.29) is 11.2 Å². The van der Waals surface area contributed by atoms with Gasteiger partial charge in [0, 0.05) is 13.6 Å². The van der Waals surface area contributed by atoms with Crippen LogP contribution in [0.25, 0.3) is 0 Å². The Morgan fingerprint density at radius 2 is 2.35 bits per heavy atom. The molecule has 1 aromatic rings. The highest BCUT2D eigenvalue weighted by molar-refractivity contribution is 9.10. The maximum Gasteiger partial charge on any atom is 0.189 e. The van der Waals surface area contributed by atoms with Gasteiger partial charge in [-0.1, -0.05) is 13.8 Å². The summed E-state index contributed by atoms with van der Waals surface area (Å²) in [5.74, 6) is 0.524. The lowest BCUT2D eigenvalue weighted by atomic mass is 9.72. The van der Waals surface area contributed by atoms with Gasteiger partial charge in [0.1, 0.15) is 5.69 Å². The second kappa shape index (κ2) is 4.53. The lowest BCUT2D eigenvalue weighted by Crippen LogP contribution is -2.39. The molecule has 1 aliphatic rings. The molecule has 94 valence electrons. The number of nitrogens with zero attached hydrogens (tertiary/aromatic N) is 2. The minimum Gasteiger partial charge on any atom is -0.316 e. The van der Waals surface area contributed by atoms with Crippen LogP contribution in [0, 0.1) is 11.3 Å². The van der Waals surface area contributed by atoms with Crippen LogP contribution in [0.3, 0.4) is 0 Å². The zero-order valence-electron chi connectivity index (χ0n) is 10.5. The van der Waals surface area contributed by atoms with Gasteiger partial charge in [-0.15, -0.1) is 0 Å². The molecule has 0 aromatic carbocycles. The van der Waals surface area contributed by atoms with Crippen LogP contribution >= 0.6 is 15.9 Å². The van der Waals surface area contributed by atoms with Crippen molar-refractivity contribution in [1.29, 1.82) is 0 Å². The van der Waals surface area contributed by atoms with Gasteiger partial charge in [-0.25, -0.2) is 0 Å². The van der Waals surface area contributed by atoms with E-state index in [1.165, 1.54) is 0 Å². The summed E-state index contributed by atoms with van der Waals surface area (Å²) in [4.78, 5) is 12.8. The summed E-state index contributed by atoms with van der Waals surface area (Å²) in [5.41, 5.74) is 0.401. The van der Waals surface area contributed by atoms with Crippen molar-refractivity contribution in [3.63, 3.8) is 0 Å². The Labute approximate surface area is 110 Å². The molecule has 1 atom stereocenters. The van der Waals surface area contributed by atoms with E-state index < -0.39 is 0 Å². The van der Waals surface area contributed by atoms with E-state index in [1.54, 1.807) is 10.9 Å². The van der Waals surface area contributed by atoms with Crippen molar-refractivity contribution in [2.75, 3.05) is 13.1 Å². The van der Waals surface area contributed by atoms with Crippen LogP contribution in [0.4, 0.5) is 0 Å². The van der Waals surface area contributed by atoms with E-state index >= 15 is 0 Å². The number of halogens is 1. The Balaban J connectivity index is 2.42. The molecule has 0 spiro atoms. The van der Waals surface area contributed by atoms with E-state index in [0.29, 0.717) is 11.6 Å². The zero-order chi connectivity index (χ0) is 12.6. The largest absolute Gasteiger partial charge is 0.316 e. The van der Waals surface area contributed by atoms with Crippen LogP contribution in [-0.4, -0.2) is 28.7 Å². The third kappa shape index (κ3) is 1.95. The standard InChI is InChI=1S/C12H18BrN3O/c1-8(2)12(4-5-14-7-12)11(17)10-9(13)6-15-16(10)3/h6,8,14H,4-5,7H2,1-3H3. The van der Waals surface area contributed by atoms with Gasteiger partial charge in [-0.2, -0.15) is 5.10 Å². The minimum absolute atomic E-state index is 0.198. The SMILES string of the molecule is CC(C)C1(C(=O)c2c(Br)cnn2C)CCNC1. The van der Waals surface area contributed by atoms with Gasteiger partial charge < -0.3 is 5.32 Å². The second-order valence-electron chi connectivity index (χ2n) is 5.03. The van der Waals surface area contributed by atoms with E-state index in [2.05, 4.69) is 40.2 Å². The highest BCUT2D eigenvalue weighted by atomic mass is 79.9. The molecule has 2 rings (SSSR count). The quantitative estimate of drug-likeness (QED) is 0.869. The second-order valence-corrected chi connectivity index (χ2v) is 5.89. The summed E-state index contributed by atoms with van der Waals surface area (Å²) < 4.78 is 2.45. The van der Waals surface area contributed by atoms with E-state index in [1.807, 2.05) is 7.05 Å². The zero-order valence-corrected chi connectivity index (χ0v) is 12.0. The molecule has 0 saturated carbocycles. The molecule has 1 fully saturated rings. The number of hydrogen-bond donors (Lipinski definition) is 1. The molecule has 17 heavy (non-hydrogen) atoms. The number of Topliss-reactive ketones (excluding diaryl/α,β-unsaturated/α-hetero) is 1. The average Bonchev–Trinajstić information content (AvgIpc) is 2.86. The van der Waals surface area contributed by atoms with Crippen molar-refractivity contribution >= 4 is 21.7 Å². The van der Waals surface area contributed by atoms with E-state index in [0.717, 1.165) is 24.0 Å². The Morgan fingerprint density at radius 3 is 2.76 bits per heavy atom. The third-order valence-electron chi connectivity index (χ3n) is 3.85. The highest BCUT2D eigenvalue weighted by Crippen LogP contribution is 2.38. The first-order valence-corrected chi connectivity index (χ1v) is 6.71. The topological polar surface area (TPSA) is 46.9 Å². The Kier molecular flexibility index (Phi) is 3.41. The van der Waals surface area contributed by atoms with Crippen molar-refractivity contribution in [1.82, 2.24) is 15.1 Å². The van der Waals surface area contributed by atoms with Gasteiger partial charge in [0.25, 0.3) is 0 Å². The van der Waals surface area contributed by atoms with Gasteiger partial charge in [-0.3, -0.25) is 9.48 Å². The number of aryl methyl sites for hydroxylation is 1. The summed E-state index contributed by atoms with van der Waals surface area (Å²) in [6, 6.07) is 0. The van der Waals surface area contributed by atoms with Crippen LogP contribution in [0.2, 0.25) is 0 Å². The molecule has 1 aromatic heterocycles. The van der Waals surface area contributed by atoms with Gasteiger partial charge >= 0.3 is 0 Å². The lowest BCUT2D eigenvalue weighted by molar-refractivity contribution is 0.0728. The highest BCUT2D eigenvalue weighted by Gasteiger charge is 2.45. The first-order valence-electron chi connectivity index (χ1n) is 5.92. The van der Waals surface area contributed by atoms with Gasteiger partial charge in [0.2, 0.25) is 0 Å². The van der Waals surface area contributed by atoms with Gasteiger partial charge in [0.15, 0.2) is 5.78 Å². The molecule has 0 bridgehead atoms. The number of nitrogens with one attached hydrogen (secondary N) is 1. The molecule has 2 heterocycles. The maximum atomic E-state index is 12.8. The van der Waals surface area contributed by atoms with E-state index in [9.17, 15) is 4.79 Å². The number of rotatable bonds is 3. The van der Waals surface area contributed by atoms with Crippen molar-refractivity contribution in [2.45, 2.75) is 20.3 Å². The van der Waals surface area contributed by atoms with Crippen molar-refractivity contribution in [3.05, 3.63) is 16.4 Å². The van der Waals surface area contributed by atoms with Gasteiger partial charge in [-0.05, 0) is 34.8 Å². The van der Waals surface area contributed by atoms with Crippen LogP contribution in [0.1, 0.15) is 30.8 Å². The molecular formula is C12H18BrN3O. The fraction of sp³-hybridized carbons (Fsp3) is 0.667. The number of hydrogen-bond acceptors (Lipinski definition) is 3. The first-order chi connectivity index (χ1) is 7.99. The number of carbonyl (C=O) groups excluding carboxylic acids is 1. The summed E-state index contributed by atoms with van der Waals surface area (Å²) in [6.45, 7) is 5.92. The van der Waals surface area contributed by atoms with E-state index in [4.69, 9.17) is 0 Å². The predicted octanol–water partition coefficient (Wildman–Crippen LogP) is 2.00. The smallest absolute Gasteiger partial charge is 0.189 e. The van der Waals surface area contributed by atoms with Crippen LogP contribution in [0.5, 0.6) is 0 Å². The molecule has 1 unspecified atom stereocenters. The average molecular weight is 300 g/mol. The lowest BCUT2D eigenvalue weighted by Gasteiger charge is -2.31. The summed E-state index contributed by atoms with van der Waals surface area (Å²) in [6.07, 6.45) is 2.59. The van der Waals surface area contributed by atoms with Gasteiger partial charge in [0.05, 0.1) is 16.1 Å². The minimum atomic E-state index is -0.281. The fourth-order valence-electron chi connectivity index (χ4n) is 2.56. The molecule has 0 aliphatic carbocycles. The number of aromatic nitrogens is 2. The normalized spacial score (nSPS) is 24.5. The molecule has 1 N–H and O–H groups in total. The molecule has 0 amide bonds. The third-order valence-corrected chi connectivity index (χ3v) is 4.44. The fourth-order valence-corrected chi connectivity index (χ4v) is 3.09. The number of carbonyl (C=O) groups is 1. The summed E-state index contributed by atoms with van der Waals surface area (Å²) in [5, 5.41) is 7.44. The van der Waals surface area contributed by atoms with Crippen LogP contribution in [-0.2, 0) is 7.05 Å². The molecule has 5 heteroatoms. The molecule has 1 saturated heterocycles.